The zero-order valence-electron chi connectivity index (χ0n) is 21.3. The summed E-state index contributed by atoms with van der Waals surface area (Å²) in [6.07, 6.45) is 0. The lowest BCUT2D eigenvalue weighted by Gasteiger charge is -2.27. The van der Waals surface area contributed by atoms with E-state index in [0.29, 0.717) is 11.3 Å². The fourth-order valence-corrected chi connectivity index (χ4v) is 5.16. The van der Waals surface area contributed by atoms with Crippen molar-refractivity contribution in [3.05, 3.63) is 113 Å². The molecule has 5 heteroatoms. The number of aryl methyl sites for hydroxylation is 1. The van der Waals surface area contributed by atoms with Gasteiger partial charge in [-0.2, -0.15) is 0 Å². The summed E-state index contributed by atoms with van der Waals surface area (Å²) >= 11 is 0. The number of aliphatic hydroxyl groups is 1. The lowest BCUT2D eigenvalue weighted by atomic mass is 9.93. The Morgan fingerprint density at radius 3 is 2.22 bits per heavy atom. The summed E-state index contributed by atoms with van der Waals surface area (Å²) < 4.78 is 0. The molecule has 1 amide bonds. The highest BCUT2D eigenvalue weighted by Crippen LogP contribution is 2.43. The molecule has 5 nitrogen and oxygen atoms in total. The molecule has 0 spiro atoms. The highest BCUT2D eigenvalue weighted by Gasteiger charge is 2.47. The van der Waals surface area contributed by atoms with Crippen molar-refractivity contribution in [3.8, 4) is 0 Å². The summed E-state index contributed by atoms with van der Waals surface area (Å²) in [4.78, 5) is 30.7. The lowest BCUT2D eigenvalue weighted by Crippen LogP contribution is -2.29. The van der Waals surface area contributed by atoms with Crippen LogP contribution in [0.25, 0.3) is 16.5 Å². The molecule has 1 heterocycles. The number of benzene rings is 4. The predicted molar refractivity (Wildman–Crippen MR) is 150 cm³/mol. The molecule has 1 aliphatic rings. The van der Waals surface area contributed by atoms with E-state index in [1.807, 2.05) is 91.9 Å². The van der Waals surface area contributed by atoms with Crippen LogP contribution in [-0.4, -0.2) is 29.9 Å². The van der Waals surface area contributed by atoms with E-state index in [9.17, 15) is 14.7 Å². The summed E-state index contributed by atoms with van der Waals surface area (Å²) in [5.74, 6) is -1.51. The van der Waals surface area contributed by atoms with Gasteiger partial charge in [0.2, 0.25) is 0 Å². The Balaban J connectivity index is 1.67. The van der Waals surface area contributed by atoms with Gasteiger partial charge < -0.3 is 10.0 Å². The molecule has 4 aromatic carbocycles. The number of hydrogen-bond donors (Lipinski definition) is 1. The van der Waals surface area contributed by atoms with E-state index in [4.69, 9.17) is 0 Å². The predicted octanol–water partition coefficient (Wildman–Crippen LogP) is 6.62. The minimum absolute atomic E-state index is 0.0960. The van der Waals surface area contributed by atoms with E-state index in [1.54, 1.807) is 6.07 Å². The molecule has 0 radical (unpaired) electrons. The molecule has 0 aliphatic carbocycles. The number of hydrogen-bond acceptors (Lipinski definition) is 4. The van der Waals surface area contributed by atoms with Gasteiger partial charge in [0, 0.05) is 30.0 Å². The fourth-order valence-electron chi connectivity index (χ4n) is 5.16. The van der Waals surface area contributed by atoms with Gasteiger partial charge in [-0.25, -0.2) is 0 Å². The van der Waals surface area contributed by atoms with E-state index >= 15 is 0 Å². The first-order valence-electron chi connectivity index (χ1n) is 12.6. The number of amides is 1. The largest absolute Gasteiger partial charge is 0.507 e. The third-order valence-corrected chi connectivity index (χ3v) is 7.08. The van der Waals surface area contributed by atoms with Gasteiger partial charge in [0.1, 0.15) is 5.76 Å². The fraction of sp³-hybridized carbons (Fsp3) is 0.188. The number of anilines is 2. The van der Waals surface area contributed by atoms with E-state index in [0.717, 1.165) is 40.7 Å². The van der Waals surface area contributed by atoms with Crippen LogP contribution in [0.3, 0.4) is 0 Å². The molecule has 1 N–H and O–H groups in total. The third-order valence-electron chi connectivity index (χ3n) is 7.08. The Morgan fingerprint density at radius 2 is 1.54 bits per heavy atom. The maximum absolute atomic E-state index is 13.5. The van der Waals surface area contributed by atoms with Gasteiger partial charge in [-0.05, 0) is 67.4 Å². The summed E-state index contributed by atoms with van der Waals surface area (Å²) in [5.41, 5.74) is 4.04. The monoisotopic (exact) mass is 490 g/mol. The molecular formula is C32H30N2O3. The van der Waals surface area contributed by atoms with Crippen molar-refractivity contribution in [2.45, 2.75) is 26.8 Å². The second-order valence-electron chi connectivity index (χ2n) is 9.33. The number of carbonyl (C=O) groups excluding carboxylic acids is 2. The van der Waals surface area contributed by atoms with Crippen LogP contribution in [0.5, 0.6) is 0 Å². The maximum Gasteiger partial charge on any atom is 0.300 e. The first-order chi connectivity index (χ1) is 17.9. The van der Waals surface area contributed by atoms with E-state index in [-0.39, 0.29) is 11.3 Å². The van der Waals surface area contributed by atoms with Gasteiger partial charge in [-0.1, -0.05) is 66.2 Å². The van der Waals surface area contributed by atoms with Crippen LogP contribution < -0.4 is 9.80 Å². The number of Topliss-reactive ketones (excluding diaryl/α,β-unsaturated/α-hetero) is 1. The average molecular weight is 491 g/mol. The number of aliphatic hydroxyl groups excluding tert-OH is 1. The van der Waals surface area contributed by atoms with Crippen LogP contribution in [0.15, 0.2) is 96.6 Å². The summed E-state index contributed by atoms with van der Waals surface area (Å²) in [5, 5.41) is 13.5. The Bertz CT molecular complexity index is 1520. The molecule has 1 aliphatic heterocycles. The van der Waals surface area contributed by atoms with E-state index < -0.39 is 17.7 Å². The van der Waals surface area contributed by atoms with E-state index in [2.05, 4.69) is 18.7 Å². The zero-order valence-corrected chi connectivity index (χ0v) is 21.3. The van der Waals surface area contributed by atoms with Crippen molar-refractivity contribution in [2.75, 3.05) is 22.9 Å². The molecule has 1 saturated heterocycles. The second-order valence-corrected chi connectivity index (χ2v) is 9.33. The first kappa shape index (κ1) is 24.3. The molecule has 0 bridgehead atoms. The van der Waals surface area contributed by atoms with Crippen molar-refractivity contribution >= 4 is 39.6 Å². The van der Waals surface area contributed by atoms with Crippen molar-refractivity contribution in [1.29, 1.82) is 0 Å². The molecule has 0 aromatic heterocycles. The number of carbonyl (C=O) groups is 2. The van der Waals surface area contributed by atoms with Gasteiger partial charge in [0.25, 0.3) is 11.7 Å². The van der Waals surface area contributed by atoms with Gasteiger partial charge in [0.05, 0.1) is 11.6 Å². The van der Waals surface area contributed by atoms with Crippen molar-refractivity contribution in [3.63, 3.8) is 0 Å². The number of rotatable bonds is 6. The number of ketones is 1. The Kier molecular flexibility index (Phi) is 6.53. The minimum Gasteiger partial charge on any atom is -0.507 e. The van der Waals surface area contributed by atoms with Crippen LogP contribution in [0, 0.1) is 6.92 Å². The van der Waals surface area contributed by atoms with Crippen LogP contribution in [-0.2, 0) is 9.59 Å². The molecule has 186 valence electrons. The average Bonchev–Trinajstić information content (AvgIpc) is 3.19. The van der Waals surface area contributed by atoms with E-state index in [1.165, 1.54) is 4.90 Å². The normalized spacial score (nSPS) is 16.9. The van der Waals surface area contributed by atoms with Crippen LogP contribution in [0.4, 0.5) is 11.4 Å². The lowest BCUT2D eigenvalue weighted by molar-refractivity contribution is -0.132. The molecule has 1 atom stereocenters. The van der Waals surface area contributed by atoms with Gasteiger partial charge in [-0.3, -0.25) is 14.5 Å². The van der Waals surface area contributed by atoms with Crippen LogP contribution in [0.1, 0.15) is 36.6 Å². The highest BCUT2D eigenvalue weighted by atomic mass is 16.3. The van der Waals surface area contributed by atoms with Crippen LogP contribution >= 0.6 is 0 Å². The number of nitrogens with zero attached hydrogens (tertiary/aromatic N) is 2. The molecular weight excluding hydrogens is 460 g/mol. The Morgan fingerprint density at radius 1 is 0.838 bits per heavy atom. The summed E-state index contributed by atoms with van der Waals surface area (Å²) in [7, 11) is 0. The third kappa shape index (κ3) is 4.38. The molecule has 1 fully saturated rings. The highest BCUT2D eigenvalue weighted by molar-refractivity contribution is 6.51. The maximum atomic E-state index is 13.5. The molecule has 4 aromatic rings. The minimum atomic E-state index is -0.745. The van der Waals surface area contributed by atoms with Crippen molar-refractivity contribution in [1.82, 2.24) is 0 Å². The number of fused-ring (bicyclic) bond motifs is 1. The van der Waals surface area contributed by atoms with Gasteiger partial charge >= 0.3 is 0 Å². The first-order valence-corrected chi connectivity index (χ1v) is 12.6. The van der Waals surface area contributed by atoms with Gasteiger partial charge in [-0.15, -0.1) is 0 Å². The van der Waals surface area contributed by atoms with Crippen LogP contribution in [0.2, 0.25) is 0 Å². The second kappa shape index (κ2) is 9.94. The van der Waals surface area contributed by atoms with Gasteiger partial charge in [0.15, 0.2) is 0 Å². The Labute approximate surface area is 217 Å². The smallest absolute Gasteiger partial charge is 0.300 e. The molecule has 1 unspecified atom stereocenters. The van der Waals surface area contributed by atoms with Crippen molar-refractivity contribution in [2.24, 2.45) is 0 Å². The molecule has 37 heavy (non-hydrogen) atoms. The summed E-state index contributed by atoms with van der Waals surface area (Å²) in [6.45, 7) is 7.91. The van der Waals surface area contributed by atoms with Crippen molar-refractivity contribution < 1.29 is 14.7 Å². The summed E-state index contributed by atoms with van der Waals surface area (Å²) in [6, 6.07) is 28.1. The Hall–Kier alpha value is -4.38. The SMILES string of the molecule is CCN(CC)c1ccc(N2C(=O)C(=O)/C(=C(\O)c3ccc4ccccc4c3)C2c2cccc(C)c2)cc1. The topological polar surface area (TPSA) is 60.9 Å². The quantitative estimate of drug-likeness (QED) is 0.187. The molecule has 0 saturated carbocycles. The standard InChI is InChI=1S/C32H30N2O3/c1-4-33(5-2)26-15-17-27(18-16-26)34-29(24-12-8-9-21(3)19-24)28(31(36)32(34)37)30(35)25-14-13-22-10-6-7-11-23(22)20-25/h6-20,29,35H,4-5H2,1-3H3/b30-28-. The molecule has 5 rings (SSSR count). The zero-order chi connectivity index (χ0) is 26.1.